The molecule has 5 nitrogen and oxygen atoms in total. The third-order valence-electron chi connectivity index (χ3n) is 2.66. The highest BCUT2D eigenvalue weighted by Gasteiger charge is 2.24. The van der Waals surface area contributed by atoms with E-state index < -0.39 is 14.1 Å². The standard InChI is InChI=1S/C15H6Cl8O5/c16-9-5-7(27-14(18,19)20)1-3-11(9)25-13(24)26-12-4-2-8(6-10(12)17)28-15(21,22)23/h1-6H. The molecule has 0 N–H and O–H groups in total. The Morgan fingerprint density at radius 1 is 0.679 bits per heavy atom. The molecule has 2 aromatic rings. The van der Waals surface area contributed by atoms with Crippen molar-refractivity contribution in [1.29, 1.82) is 0 Å². The van der Waals surface area contributed by atoms with Gasteiger partial charge in [-0.3, -0.25) is 0 Å². The lowest BCUT2D eigenvalue weighted by atomic mass is 10.3. The Kier molecular flexibility index (Phi) is 8.22. The minimum Gasteiger partial charge on any atom is -0.446 e. The highest BCUT2D eigenvalue weighted by atomic mass is 35.6. The van der Waals surface area contributed by atoms with Crippen molar-refractivity contribution in [2.45, 2.75) is 7.96 Å². The number of benzene rings is 2. The number of halogens is 8. The smallest absolute Gasteiger partial charge is 0.446 e. The van der Waals surface area contributed by atoms with Crippen molar-refractivity contribution < 1.29 is 23.7 Å². The predicted molar refractivity (Wildman–Crippen MR) is 111 cm³/mol. The van der Waals surface area contributed by atoms with Gasteiger partial charge in [0.15, 0.2) is 11.5 Å². The second kappa shape index (κ2) is 9.63. The molecule has 13 heteroatoms. The summed E-state index contributed by atoms with van der Waals surface area (Å²) in [6.45, 7) is 0. The number of hydrogen-bond donors (Lipinski definition) is 0. The molecule has 2 rings (SSSR count). The molecule has 0 fully saturated rings. The summed E-state index contributed by atoms with van der Waals surface area (Å²) >= 11 is 45.1. The zero-order valence-electron chi connectivity index (χ0n) is 13.0. The van der Waals surface area contributed by atoms with E-state index >= 15 is 0 Å². The molecule has 28 heavy (non-hydrogen) atoms. The number of ether oxygens (including phenoxy) is 4. The summed E-state index contributed by atoms with van der Waals surface area (Å²) in [6.07, 6.45) is -1.12. The monoisotopic (exact) mass is 546 g/mol. The summed E-state index contributed by atoms with van der Waals surface area (Å²) in [5, 5.41) is 0.00226. The van der Waals surface area contributed by atoms with Crippen LogP contribution in [0.2, 0.25) is 10.0 Å². The Balaban J connectivity index is 2.04. The highest BCUT2D eigenvalue weighted by molar-refractivity contribution is 6.66. The normalized spacial score (nSPS) is 11.7. The molecule has 152 valence electrons. The van der Waals surface area contributed by atoms with Crippen LogP contribution in [0.25, 0.3) is 0 Å². The summed E-state index contributed by atoms with van der Waals surface area (Å²) in [5.41, 5.74) is 0. The van der Waals surface area contributed by atoms with Crippen LogP contribution in [-0.2, 0) is 0 Å². The van der Waals surface area contributed by atoms with E-state index in [4.69, 9.17) is 112 Å². The first kappa shape index (κ1) is 23.9. The minimum atomic E-state index is -1.98. The highest BCUT2D eigenvalue weighted by Crippen LogP contribution is 2.36. The minimum absolute atomic E-state index is 0.00113. The lowest BCUT2D eigenvalue weighted by Gasteiger charge is -2.15. The molecule has 0 bridgehead atoms. The fraction of sp³-hybridized carbons (Fsp3) is 0.133. The first-order chi connectivity index (χ1) is 12.8. The molecule has 0 saturated carbocycles. The first-order valence-electron chi connectivity index (χ1n) is 6.83. The van der Waals surface area contributed by atoms with Gasteiger partial charge in [0.25, 0.3) is 0 Å². The molecule has 0 heterocycles. The van der Waals surface area contributed by atoms with Gasteiger partial charge >= 0.3 is 14.1 Å². The zero-order chi connectivity index (χ0) is 21.1. The maximum absolute atomic E-state index is 12.0. The van der Waals surface area contributed by atoms with Gasteiger partial charge in [0.05, 0.1) is 10.0 Å². The molecule has 0 spiro atoms. The molecule has 0 aromatic heterocycles. The molecule has 0 aliphatic rings. The molecule has 2 aromatic carbocycles. The third kappa shape index (κ3) is 8.17. The van der Waals surface area contributed by atoms with Crippen LogP contribution >= 0.6 is 92.8 Å². The average Bonchev–Trinajstić information content (AvgIpc) is 2.50. The summed E-state index contributed by atoms with van der Waals surface area (Å²) < 4.78 is 16.0. The van der Waals surface area contributed by atoms with Crippen LogP contribution in [0.5, 0.6) is 23.0 Å². The van der Waals surface area contributed by atoms with E-state index in [9.17, 15) is 4.79 Å². The van der Waals surface area contributed by atoms with Crippen molar-refractivity contribution >= 4 is 99.0 Å². The molecule has 0 aliphatic heterocycles. The largest absolute Gasteiger partial charge is 0.519 e. The molecular weight excluding hydrogens is 544 g/mol. The topological polar surface area (TPSA) is 54.0 Å². The van der Waals surface area contributed by atoms with Crippen molar-refractivity contribution in [1.82, 2.24) is 0 Å². The van der Waals surface area contributed by atoms with Crippen molar-refractivity contribution in [3.8, 4) is 23.0 Å². The number of carbonyl (C=O) groups excluding carboxylic acids is 1. The average molecular weight is 550 g/mol. The maximum atomic E-state index is 12.0. The van der Waals surface area contributed by atoms with Crippen molar-refractivity contribution in [3.63, 3.8) is 0 Å². The fourth-order valence-electron chi connectivity index (χ4n) is 1.72. The SMILES string of the molecule is O=C(Oc1ccc(OC(Cl)(Cl)Cl)cc1Cl)Oc1ccc(OC(Cl)(Cl)Cl)cc1Cl. The fourth-order valence-corrected chi connectivity index (χ4v) is 2.68. The van der Waals surface area contributed by atoms with Crippen LogP contribution in [0.3, 0.4) is 0 Å². The van der Waals surface area contributed by atoms with Crippen molar-refractivity contribution in [2.24, 2.45) is 0 Å². The summed E-state index contributed by atoms with van der Waals surface area (Å²) in [7, 11) is 0. The number of carbonyl (C=O) groups is 1. The quantitative estimate of drug-likeness (QED) is 0.220. The third-order valence-corrected chi connectivity index (χ3v) is 3.71. The molecule has 0 aliphatic carbocycles. The van der Waals surface area contributed by atoms with Gasteiger partial charge in [-0.05, 0) is 93.9 Å². The van der Waals surface area contributed by atoms with E-state index in [0.29, 0.717) is 0 Å². The van der Waals surface area contributed by atoms with E-state index in [1.54, 1.807) is 0 Å². The number of rotatable bonds is 4. The van der Waals surface area contributed by atoms with Gasteiger partial charge in [-0.15, -0.1) is 0 Å². The Morgan fingerprint density at radius 3 is 1.32 bits per heavy atom. The second-order valence-corrected chi connectivity index (χ2v) is 9.90. The molecular formula is C15H6Cl8O5. The molecule has 0 atom stereocenters. The maximum Gasteiger partial charge on any atom is 0.519 e. The Bertz CT molecular complexity index is 793. The van der Waals surface area contributed by atoms with E-state index in [-0.39, 0.29) is 33.0 Å². The van der Waals surface area contributed by atoms with E-state index in [1.807, 2.05) is 0 Å². The van der Waals surface area contributed by atoms with Crippen molar-refractivity contribution in [2.75, 3.05) is 0 Å². The van der Waals surface area contributed by atoms with Crippen LogP contribution in [-0.4, -0.2) is 14.1 Å². The van der Waals surface area contributed by atoms with Gasteiger partial charge in [0.1, 0.15) is 11.5 Å². The zero-order valence-corrected chi connectivity index (χ0v) is 19.1. The van der Waals surface area contributed by atoms with Crippen LogP contribution in [0.15, 0.2) is 36.4 Å². The Labute approximate surface area is 199 Å². The summed E-state index contributed by atoms with van der Waals surface area (Å²) in [6, 6.07) is 7.92. The predicted octanol–water partition coefficient (Wildman–Crippen LogP) is 7.98. The van der Waals surface area contributed by atoms with Crippen molar-refractivity contribution in [3.05, 3.63) is 46.4 Å². The van der Waals surface area contributed by atoms with Crippen LogP contribution < -0.4 is 18.9 Å². The van der Waals surface area contributed by atoms with Crippen LogP contribution in [0.4, 0.5) is 4.79 Å². The lowest BCUT2D eigenvalue weighted by molar-refractivity contribution is 0.152. The van der Waals surface area contributed by atoms with Gasteiger partial charge < -0.3 is 18.9 Å². The molecule has 0 radical (unpaired) electrons. The molecule has 0 saturated heterocycles. The van der Waals surface area contributed by atoms with Gasteiger partial charge in [-0.2, -0.15) is 0 Å². The summed E-state index contributed by atoms with van der Waals surface area (Å²) in [4.78, 5) is 12.0. The first-order valence-corrected chi connectivity index (χ1v) is 9.85. The number of hydrogen-bond acceptors (Lipinski definition) is 5. The molecule has 0 unspecified atom stereocenters. The van der Waals surface area contributed by atoms with Gasteiger partial charge in [-0.25, -0.2) is 4.79 Å². The van der Waals surface area contributed by atoms with Gasteiger partial charge in [-0.1, -0.05) is 23.2 Å². The van der Waals surface area contributed by atoms with Crippen LogP contribution in [0.1, 0.15) is 0 Å². The van der Waals surface area contributed by atoms with E-state index in [0.717, 1.165) is 0 Å². The van der Waals surface area contributed by atoms with E-state index in [2.05, 4.69) is 0 Å². The Morgan fingerprint density at radius 2 is 1.04 bits per heavy atom. The summed E-state index contributed by atoms with van der Waals surface area (Å²) in [5.74, 6) is 0.211. The van der Waals surface area contributed by atoms with Crippen LogP contribution in [0, 0.1) is 0 Å². The van der Waals surface area contributed by atoms with Gasteiger partial charge in [0, 0.05) is 12.1 Å². The lowest BCUT2D eigenvalue weighted by Crippen LogP contribution is -2.15. The van der Waals surface area contributed by atoms with E-state index in [1.165, 1.54) is 36.4 Å². The second-order valence-electron chi connectivity index (χ2n) is 4.73. The van der Waals surface area contributed by atoms with Gasteiger partial charge in [0.2, 0.25) is 0 Å². The number of alkyl halides is 6. The molecule has 0 amide bonds. The Hall–Kier alpha value is -0.370.